The lowest BCUT2D eigenvalue weighted by atomic mass is 10.0. The van der Waals surface area contributed by atoms with E-state index in [-0.39, 0.29) is 0 Å². The van der Waals surface area contributed by atoms with E-state index >= 15 is 0 Å². The van der Waals surface area contributed by atoms with E-state index in [2.05, 4.69) is 51.9 Å². The molecule has 1 aliphatic heterocycles. The zero-order chi connectivity index (χ0) is 14.4. The summed E-state index contributed by atoms with van der Waals surface area (Å²) in [4.78, 5) is 7.62. The van der Waals surface area contributed by atoms with Crippen molar-refractivity contribution in [2.24, 2.45) is 0 Å². The highest BCUT2D eigenvalue weighted by Crippen LogP contribution is 2.31. The Morgan fingerprint density at radius 3 is 2.86 bits per heavy atom. The summed E-state index contributed by atoms with van der Waals surface area (Å²) in [7, 11) is 0. The first kappa shape index (κ1) is 12.5. The summed E-state index contributed by atoms with van der Waals surface area (Å²) in [6.07, 6.45) is 7.50. The maximum Gasteiger partial charge on any atom is 0.103 e. The number of aryl methyl sites for hydroxylation is 2. The second-order valence-corrected chi connectivity index (χ2v) is 5.92. The molecule has 3 heteroatoms. The lowest BCUT2D eigenvalue weighted by Gasteiger charge is -2.17. The summed E-state index contributed by atoms with van der Waals surface area (Å²) in [5, 5.41) is 1.38. The number of nitrogens with zero attached hydrogens (tertiary/aromatic N) is 2. The van der Waals surface area contributed by atoms with Gasteiger partial charge in [0.05, 0.1) is 5.52 Å². The molecule has 0 spiro atoms. The van der Waals surface area contributed by atoms with Gasteiger partial charge in [-0.2, -0.15) is 0 Å². The van der Waals surface area contributed by atoms with Gasteiger partial charge >= 0.3 is 0 Å². The first-order valence-electron chi connectivity index (χ1n) is 7.51. The molecule has 0 amide bonds. The van der Waals surface area contributed by atoms with Gasteiger partial charge in [-0.1, -0.05) is 18.2 Å². The highest BCUT2D eigenvalue weighted by molar-refractivity contribution is 5.87. The van der Waals surface area contributed by atoms with Crippen molar-refractivity contribution in [2.75, 3.05) is 0 Å². The van der Waals surface area contributed by atoms with Crippen LogP contribution in [0.3, 0.4) is 0 Å². The van der Waals surface area contributed by atoms with Gasteiger partial charge in [0.1, 0.15) is 5.82 Å². The SMILES string of the molecule is Cc1ncc(CC2=Cn3c(c(C)c4ccccc43)CC2)[nH]1. The van der Waals surface area contributed by atoms with Crippen molar-refractivity contribution < 1.29 is 0 Å². The van der Waals surface area contributed by atoms with E-state index in [0.29, 0.717) is 0 Å². The molecule has 0 atom stereocenters. The van der Waals surface area contributed by atoms with Crippen molar-refractivity contribution in [3.8, 4) is 0 Å². The molecular weight excluding hydrogens is 258 g/mol. The fraction of sp³-hybridized carbons (Fsp3) is 0.278. The third kappa shape index (κ3) is 2.00. The molecule has 21 heavy (non-hydrogen) atoms. The summed E-state index contributed by atoms with van der Waals surface area (Å²) >= 11 is 0. The maximum atomic E-state index is 4.29. The Labute approximate surface area is 124 Å². The normalized spacial score (nSPS) is 14.3. The number of benzene rings is 1. The number of para-hydroxylation sites is 1. The van der Waals surface area contributed by atoms with Gasteiger partial charge < -0.3 is 9.55 Å². The number of imidazole rings is 1. The molecule has 1 aromatic carbocycles. The average Bonchev–Trinajstić information content (AvgIpc) is 3.03. The Bertz CT molecular complexity index is 849. The Hall–Kier alpha value is -2.29. The van der Waals surface area contributed by atoms with Crippen LogP contribution in [0.4, 0.5) is 0 Å². The molecule has 0 radical (unpaired) electrons. The molecule has 0 saturated heterocycles. The Balaban J connectivity index is 1.78. The number of hydrogen-bond donors (Lipinski definition) is 1. The molecule has 1 N–H and O–H groups in total. The molecule has 2 aromatic heterocycles. The summed E-state index contributed by atoms with van der Waals surface area (Å²) in [6.45, 7) is 4.24. The second-order valence-electron chi connectivity index (χ2n) is 5.92. The van der Waals surface area contributed by atoms with Crippen molar-refractivity contribution in [3.63, 3.8) is 0 Å². The second kappa shape index (κ2) is 4.62. The van der Waals surface area contributed by atoms with Gasteiger partial charge in [0, 0.05) is 35.6 Å². The molecule has 106 valence electrons. The predicted molar refractivity (Wildman–Crippen MR) is 86.3 cm³/mol. The summed E-state index contributed by atoms with van der Waals surface area (Å²) in [5.41, 5.74) is 6.88. The van der Waals surface area contributed by atoms with Crippen LogP contribution in [0.5, 0.6) is 0 Å². The molecule has 0 bridgehead atoms. The minimum Gasteiger partial charge on any atom is -0.346 e. The van der Waals surface area contributed by atoms with Crippen molar-refractivity contribution >= 4 is 17.1 Å². The summed E-state index contributed by atoms with van der Waals surface area (Å²) in [5.74, 6) is 0.990. The molecule has 0 saturated carbocycles. The van der Waals surface area contributed by atoms with Gasteiger partial charge in [-0.3, -0.25) is 0 Å². The fourth-order valence-electron chi connectivity index (χ4n) is 3.40. The van der Waals surface area contributed by atoms with Gasteiger partial charge in [0.25, 0.3) is 0 Å². The maximum absolute atomic E-state index is 4.29. The smallest absolute Gasteiger partial charge is 0.103 e. The summed E-state index contributed by atoms with van der Waals surface area (Å²) < 4.78 is 2.38. The molecule has 3 heterocycles. The topological polar surface area (TPSA) is 33.6 Å². The highest BCUT2D eigenvalue weighted by Gasteiger charge is 2.17. The van der Waals surface area contributed by atoms with Crippen LogP contribution in [0.2, 0.25) is 0 Å². The number of allylic oxidation sites excluding steroid dienone is 1. The van der Waals surface area contributed by atoms with Crippen molar-refractivity contribution in [1.82, 2.24) is 14.5 Å². The van der Waals surface area contributed by atoms with Gasteiger partial charge in [0.15, 0.2) is 0 Å². The van der Waals surface area contributed by atoms with Crippen LogP contribution in [-0.4, -0.2) is 14.5 Å². The van der Waals surface area contributed by atoms with Gasteiger partial charge in [-0.05, 0) is 43.9 Å². The number of H-pyrrole nitrogens is 1. The zero-order valence-electron chi connectivity index (χ0n) is 12.5. The third-order valence-electron chi connectivity index (χ3n) is 4.46. The first-order valence-corrected chi connectivity index (χ1v) is 7.51. The molecule has 1 aliphatic rings. The van der Waals surface area contributed by atoms with Crippen LogP contribution in [0.15, 0.2) is 36.0 Å². The van der Waals surface area contributed by atoms with Crippen LogP contribution in [0.1, 0.15) is 29.2 Å². The molecule has 4 rings (SSSR count). The van der Waals surface area contributed by atoms with E-state index in [1.165, 1.54) is 33.4 Å². The predicted octanol–water partition coefficient (Wildman–Crippen LogP) is 4.01. The van der Waals surface area contributed by atoms with E-state index in [0.717, 1.165) is 25.1 Å². The Kier molecular flexibility index (Phi) is 2.74. The molecule has 0 aliphatic carbocycles. The Morgan fingerprint density at radius 2 is 2.05 bits per heavy atom. The summed E-state index contributed by atoms with van der Waals surface area (Å²) in [6, 6.07) is 8.68. The first-order chi connectivity index (χ1) is 10.2. The number of hydrogen-bond acceptors (Lipinski definition) is 1. The highest BCUT2D eigenvalue weighted by atomic mass is 15.0. The van der Waals surface area contributed by atoms with Crippen molar-refractivity contribution in [1.29, 1.82) is 0 Å². The standard InChI is InChI=1S/C18H19N3/c1-12-16-5-3-4-6-18(16)21-11-14(7-8-17(12)21)9-15-10-19-13(2)20-15/h3-6,10-11H,7-9H2,1-2H3,(H,19,20). The molecular formula is C18H19N3. The lowest BCUT2D eigenvalue weighted by Crippen LogP contribution is -2.07. The Morgan fingerprint density at radius 1 is 1.19 bits per heavy atom. The zero-order valence-corrected chi connectivity index (χ0v) is 12.5. The lowest BCUT2D eigenvalue weighted by molar-refractivity contribution is 0.809. The molecule has 3 nitrogen and oxygen atoms in total. The molecule has 3 aromatic rings. The van der Waals surface area contributed by atoms with E-state index in [1.807, 2.05) is 13.1 Å². The largest absolute Gasteiger partial charge is 0.346 e. The number of rotatable bonds is 2. The van der Waals surface area contributed by atoms with E-state index < -0.39 is 0 Å². The van der Waals surface area contributed by atoms with Gasteiger partial charge in [-0.15, -0.1) is 0 Å². The van der Waals surface area contributed by atoms with Crippen molar-refractivity contribution in [2.45, 2.75) is 33.1 Å². The quantitative estimate of drug-likeness (QED) is 0.754. The number of aromatic amines is 1. The molecule has 0 unspecified atom stereocenters. The monoisotopic (exact) mass is 277 g/mol. The number of aromatic nitrogens is 3. The molecule has 0 fully saturated rings. The van der Waals surface area contributed by atoms with Crippen LogP contribution in [0.25, 0.3) is 17.1 Å². The van der Waals surface area contributed by atoms with E-state index in [1.54, 1.807) is 0 Å². The van der Waals surface area contributed by atoms with Crippen LogP contribution >= 0.6 is 0 Å². The average molecular weight is 277 g/mol. The minimum atomic E-state index is 0.964. The minimum absolute atomic E-state index is 0.964. The van der Waals surface area contributed by atoms with Gasteiger partial charge in [0.2, 0.25) is 0 Å². The third-order valence-corrected chi connectivity index (χ3v) is 4.46. The van der Waals surface area contributed by atoms with Crippen LogP contribution in [0, 0.1) is 13.8 Å². The van der Waals surface area contributed by atoms with Gasteiger partial charge in [-0.25, -0.2) is 4.98 Å². The fourth-order valence-corrected chi connectivity index (χ4v) is 3.40. The number of nitrogens with one attached hydrogen (secondary N) is 1. The van der Waals surface area contributed by atoms with Crippen LogP contribution < -0.4 is 0 Å². The van der Waals surface area contributed by atoms with E-state index in [4.69, 9.17) is 0 Å². The van der Waals surface area contributed by atoms with Crippen molar-refractivity contribution in [3.05, 3.63) is 58.8 Å². The van der Waals surface area contributed by atoms with E-state index in [9.17, 15) is 0 Å². The number of fused-ring (bicyclic) bond motifs is 3. The van der Waals surface area contributed by atoms with Crippen LogP contribution in [-0.2, 0) is 12.8 Å².